The molecule has 0 aliphatic heterocycles. The predicted molar refractivity (Wildman–Crippen MR) is 85.5 cm³/mol. The minimum absolute atomic E-state index is 0.0814. The molecule has 0 heterocycles. The van der Waals surface area contributed by atoms with E-state index < -0.39 is 5.97 Å². The standard InChI is InChI=1S/C14H9ClINO3/c15-10-5-2-6-11(12(10)14(19)20)17-13(18)8-3-1-4-9(16)7-8/h1-7H,(H,17,18)(H,19,20). The second-order valence-corrected chi connectivity index (χ2v) is 5.58. The summed E-state index contributed by atoms with van der Waals surface area (Å²) in [4.78, 5) is 23.3. The van der Waals surface area contributed by atoms with Crippen molar-refractivity contribution in [3.8, 4) is 0 Å². The number of carboxylic acids is 1. The topological polar surface area (TPSA) is 66.4 Å². The molecule has 6 heteroatoms. The van der Waals surface area contributed by atoms with Crippen molar-refractivity contribution in [1.82, 2.24) is 0 Å². The van der Waals surface area contributed by atoms with Crippen LogP contribution in [0.15, 0.2) is 42.5 Å². The fraction of sp³-hybridized carbons (Fsp3) is 0. The van der Waals surface area contributed by atoms with E-state index in [1.165, 1.54) is 12.1 Å². The number of carboxylic acid groups (broad SMARTS) is 1. The maximum Gasteiger partial charge on any atom is 0.339 e. The van der Waals surface area contributed by atoms with E-state index in [9.17, 15) is 9.59 Å². The minimum atomic E-state index is -1.19. The number of halogens is 2. The van der Waals surface area contributed by atoms with Gasteiger partial charge in [0.05, 0.1) is 10.7 Å². The van der Waals surface area contributed by atoms with Gasteiger partial charge in [0.15, 0.2) is 0 Å². The average molecular weight is 402 g/mol. The quantitative estimate of drug-likeness (QED) is 0.767. The molecule has 2 rings (SSSR count). The van der Waals surface area contributed by atoms with Gasteiger partial charge in [-0.25, -0.2) is 4.79 Å². The number of carbonyl (C=O) groups is 2. The van der Waals surface area contributed by atoms with Crippen molar-refractivity contribution in [2.75, 3.05) is 5.32 Å². The molecule has 1 amide bonds. The number of hydrogen-bond donors (Lipinski definition) is 2. The lowest BCUT2D eigenvalue weighted by Gasteiger charge is -2.09. The van der Waals surface area contributed by atoms with Crippen molar-refractivity contribution >= 4 is 51.8 Å². The van der Waals surface area contributed by atoms with Crippen LogP contribution < -0.4 is 5.32 Å². The molecule has 2 aromatic rings. The normalized spacial score (nSPS) is 10.1. The van der Waals surface area contributed by atoms with E-state index >= 15 is 0 Å². The molecule has 0 aromatic heterocycles. The maximum atomic E-state index is 12.1. The third kappa shape index (κ3) is 3.29. The summed E-state index contributed by atoms with van der Waals surface area (Å²) in [5.41, 5.74) is 0.509. The first kappa shape index (κ1) is 14.8. The number of hydrogen-bond acceptors (Lipinski definition) is 2. The molecule has 102 valence electrons. The van der Waals surface area contributed by atoms with Gasteiger partial charge in [-0.05, 0) is 52.9 Å². The van der Waals surface area contributed by atoms with Crippen LogP contribution in [-0.2, 0) is 0 Å². The highest BCUT2D eigenvalue weighted by Crippen LogP contribution is 2.25. The third-order valence-corrected chi connectivity index (χ3v) is 3.55. The number of amides is 1. The zero-order valence-electron chi connectivity index (χ0n) is 10.1. The molecule has 0 bridgehead atoms. The van der Waals surface area contributed by atoms with E-state index in [2.05, 4.69) is 27.9 Å². The van der Waals surface area contributed by atoms with Crippen LogP contribution >= 0.6 is 34.2 Å². The zero-order chi connectivity index (χ0) is 14.7. The minimum Gasteiger partial charge on any atom is -0.478 e. The smallest absolute Gasteiger partial charge is 0.339 e. The van der Waals surface area contributed by atoms with Crippen LogP contribution in [0, 0.1) is 3.57 Å². The predicted octanol–water partition coefficient (Wildman–Crippen LogP) is 3.90. The highest BCUT2D eigenvalue weighted by atomic mass is 127. The van der Waals surface area contributed by atoms with E-state index in [0.717, 1.165) is 3.57 Å². The van der Waals surface area contributed by atoms with Crippen LogP contribution in [-0.4, -0.2) is 17.0 Å². The zero-order valence-corrected chi connectivity index (χ0v) is 13.0. The number of rotatable bonds is 3. The fourth-order valence-electron chi connectivity index (χ4n) is 1.67. The number of carbonyl (C=O) groups excluding carboxylic acids is 1. The average Bonchev–Trinajstić information content (AvgIpc) is 2.38. The Kier molecular flexibility index (Phi) is 4.61. The Morgan fingerprint density at radius 3 is 2.50 bits per heavy atom. The van der Waals surface area contributed by atoms with Crippen molar-refractivity contribution in [1.29, 1.82) is 0 Å². The number of benzene rings is 2. The molecule has 2 aromatic carbocycles. The van der Waals surface area contributed by atoms with E-state index in [1.807, 2.05) is 6.07 Å². The Hall–Kier alpha value is -1.60. The largest absolute Gasteiger partial charge is 0.478 e. The second kappa shape index (κ2) is 6.23. The van der Waals surface area contributed by atoms with Crippen LogP contribution in [0.25, 0.3) is 0 Å². The van der Waals surface area contributed by atoms with Gasteiger partial charge in [-0.3, -0.25) is 4.79 Å². The molecule has 2 N–H and O–H groups in total. The summed E-state index contributed by atoms with van der Waals surface area (Å²) in [5.74, 6) is -1.57. The molecular weight excluding hydrogens is 393 g/mol. The lowest BCUT2D eigenvalue weighted by molar-refractivity contribution is 0.0698. The van der Waals surface area contributed by atoms with Crippen molar-refractivity contribution in [3.05, 3.63) is 62.2 Å². The highest BCUT2D eigenvalue weighted by Gasteiger charge is 2.16. The SMILES string of the molecule is O=C(Nc1cccc(Cl)c1C(=O)O)c1cccc(I)c1. The molecule has 4 nitrogen and oxygen atoms in total. The van der Waals surface area contributed by atoms with Gasteiger partial charge in [-0.2, -0.15) is 0 Å². The molecule has 0 saturated carbocycles. The second-order valence-electron chi connectivity index (χ2n) is 3.93. The van der Waals surface area contributed by atoms with Gasteiger partial charge in [0.1, 0.15) is 5.56 Å². The van der Waals surface area contributed by atoms with Gasteiger partial charge in [0, 0.05) is 9.13 Å². The molecule has 0 aliphatic rings. The summed E-state index contributed by atoms with van der Waals surface area (Å²) in [7, 11) is 0. The summed E-state index contributed by atoms with van der Waals surface area (Å²) in [6.07, 6.45) is 0. The molecule has 20 heavy (non-hydrogen) atoms. The Labute approximate surface area is 133 Å². The van der Waals surface area contributed by atoms with Crippen LogP contribution in [0.4, 0.5) is 5.69 Å². The summed E-state index contributed by atoms with van der Waals surface area (Å²) < 4.78 is 0.916. The van der Waals surface area contributed by atoms with E-state index in [4.69, 9.17) is 16.7 Å². The van der Waals surface area contributed by atoms with Gasteiger partial charge >= 0.3 is 5.97 Å². The molecule has 0 spiro atoms. The molecule has 0 aliphatic carbocycles. The van der Waals surface area contributed by atoms with Gasteiger partial charge in [-0.1, -0.05) is 23.7 Å². The van der Waals surface area contributed by atoms with Gasteiger partial charge in [0.2, 0.25) is 0 Å². The first-order valence-corrected chi connectivity index (χ1v) is 7.03. The monoisotopic (exact) mass is 401 g/mol. The van der Waals surface area contributed by atoms with Crippen LogP contribution in [0.3, 0.4) is 0 Å². The van der Waals surface area contributed by atoms with E-state index in [1.54, 1.807) is 24.3 Å². The van der Waals surface area contributed by atoms with Crippen molar-refractivity contribution < 1.29 is 14.7 Å². The summed E-state index contributed by atoms with van der Waals surface area (Å²) in [6, 6.07) is 11.5. The molecule has 0 fully saturated rings. The number of anilines is 1. The van der Waals surface area contributed by atoms with Crippen molar-refractivity contribution in [2.24, 2.45) is 0 Å². The lowest BCUT2D eigenvalue weighted by atomic mass is 10.1. The third-order valence-electron chi connectivity index (χ3n) is 2.56. The first-order valence-electron chi connectivity index (χ1n) is 5.58. The van der Waals surface area contributed by atoms with Crippen LogP contribution in [0.5, 0.6) is 0 Å². The molecule has 0 radical (unpaired) electrons. The number of aromatic carboxylic acids is 1. The molecule has 0 atom stereocenters. The van der Waals surface area contributed by atoms with Crippen molar-refractivity contribution in [2.45, 2.75) is 0 Å². The lowest BCUT2D eigenvalue weighted by Crippen LogP contribution is -2.15. The van der Waals surface area contributed by atoms with Crippen molar-refractivity contribution in [3.63, 3.8) is 0 Å². The van der Waals surface area contributed by atoms with Gasteiger partial charge in [-0.15, -0.1) is 0 Å². The maximum absolute atomic E-state index is 12.1. The Morgan fingerprint density at radius 2 is 1.85 bits per heavy atom. The molecule has 0 unspecified atom stereocenters. The molecule has 0 saturated heterocycles. The summed E-state index contributed by atoms with van der Waals surface area (Å²) in [6.45, 7) is 0. The van der Waals surface area contributed by atoms with Crippen LogP contribution in [0.2, 0.25) is 5.02 Å². The Morgan fingerprint density at radius 1 is 1.15 bits per heavy atom. The number of nitrogens with one attached hydrogen (secondary N) is 1. The first-order chi connectivity index (χ1) is 9.49. The highest BCUT2D eigenvalue weighted by molar-refractivity contribution is 14.1. The van der Waals surface area contributed by atoms with Gasteiger partial charge < -0.3 is 10.4 Å². The van der Waals surface area contributed by atoms with E-state index in [-0.39, 0.29) is 22.2 Å². The Balaban J connectivity index is 2.33. The fourth-order valence-corrected chi connectivity index (χ4v) is 2.47. The summed E-state index contributed by atoms with van der Waals surface area (Å²) >= 11 is 7.94. The van der Waals surface area contributed by atoms with Crippen LogP contribution in [0.1, 0.15) is 20.7 Å². The Bertz CT molecular complexity index is 688. The molecular formula is C14H9ClINO3. The summed E-state index contributed by atoms with van der Waals surface area (Å²) in [5, 5.41) is 11.8. The van der Waals surface area contributed by atoms with Gasteiger partial charge in [0.25, 0.3) is 5.91 Å². The van der Waals surface area contributed by atoms with E-state index in [0.29, 0.717) is 5.56 Å².